The number of carbonyl (C=O) groups excluding carboxylic acids is 1. The lowest BCUT2D eigenvalue weighted by Crippen LogP contribution is -2.40. The fourth-order valence-electron chi connectivity index (χ4n) is 1.31. The Morgan fingerprint density at radius 2 is 1.82 bits per heavy atom. The van der Waals surface area contributed by atoms with E-state index in [1.54, 1.807) is 0 Å². The van der Waals surface area contributed by atoms with E-state index < -0.39 is 17.1 Å². The van der Waals surface area contributed by atoms with Crippen LogP contribution in [-0.4, -0.2) is 28.0 Å². The van der Waals surface area contributed by atoms with E-state index in [-0.39, 0.29) is 6.42 Å². The first kappa shape index (κ1) is 16.8. The van der Waals surface area contributed by atoms with E-state index in [2.05, 4.69) is 0 Å². The molecule has 0 aromatic rings. The molecule has 0 saturated heterocycles. The predicted molar refractivity (Wildman–Crippen MR) is 67.5 cm³/mol. The molecular formula is C12H22F2O2S. The summed E-state index contributed by atoms with van der Waals surface area (Å²) in [5.41, 5.74) is 0. The standard InChI is InChI=1S/C12H22F2O2S/c1-3-5-7-8-10(15)12(13,14)11(16)17-9-6-4-2/h10,15H,3-9H2,1-2H3. The second-order valence-corrected chi connectivity index (χ2v) is 5.19. The Labute approximate surface area is 106 Å². The third kappa shape index (κ3) is 6.36. The number of hydrogen-bond acceptors (Lipinski definition) is 3. The summed E-state index contributed by atoms with van der Waals surface area (Å²) in [6, 6.07) is 0. The van der Waals surface area contributed by atoms with Gasteiger partial charge in [-0.05, 0) is 12.8 Å². The summed E-state index contributed by atoms with van der Waals surface area (Å²) in [6.07, 6.45) is 1.97. The molecule has 0 fully saturated rings. The Kier molecular flexibility index (Phi) is 8.78. The van der Waals surface area contributed by atoms with Crippen molar-refractivity contribution in [3.63, 3.8) is 0 Å². The smallest absolute Gasteiger partial charge is 0.340 e. The van der Waals surface area contributed by atoms with Crippen molar-refractivity contribution in [2.24, 2.45) is 0 Å². The highest BCUT2D eigenvalue weighted by Crippen LogP contribution is 2.29. The van der Waals surface area contributed by atoms with Crippen LogP contribution in [-0.2, 0) is 4.79 Å². The minimum Gasteiger partial charge on any atom is -0.386 e. The Hall–Kier alpha value is -0.160. The van der Waals surface area contributed by atoms with E-state index in [1.807, 2.05) is 13.8 Å². The van der Waals surface area contributed by atoms with Crippen LogP contribution in [0.3, 0.4) is 0 Å². The Bertz CT molecular complexity index is 223. The Balaban J connectivity index is 4.08. The van der Waals surface area contributed by atoms with Crippen LogP contribution in [0, 0.1) is 0 Å². The van der Waals surface area contributed by atoms with Crippen LogP contribution in [0.4, 0.5) is 8.78 Å². The highest BCUT2D eigenvalue weighted by molar-refractivity contribution is 8.13. The van der Waals surface area contributed by atoms with Crippen LogP contribution in [0.25, 0.3) is 0 Å². The van der Waals surface area contributed by atoms with Crippen molar-refractivity contribution >= 4 is 16.9 Å². The molecule has 102 valence electrons. The summed E-state index contributed by atoms with van der Waals surface area (Å²) in [6.45, 7) is 3.89. The number of alkyl halides is 2. The second kappa shape index (κ2) is 8.86. The molecule has 1 unspecified atom stereocenters. The lowest BCUT2D eigenvalue weighted by atomic mass is 10.1. The highest BCUT2D eigenvalue weighted by atomic mass is 32.2. The second-order valence-electron chi connectivity index (χ2n) is 4.12. The lowest BCUT2D eigenvalue weighted by molar-refractivity contribution is -0.151. The molecule has 0 aliphatic rings. The molecule has 0 aromatic heterocycles. The van der Waals surface area contributed by atoms with Gasteiger partial charge in [0, 0.05) is 5.75 Å². The van der Waals surface area contributed by atoms with E-state index in [1.165, 1.54) is 0 Å². The highest BCUT2D eigenvalue weighted by Gasteiger charge is 2.45. The molecule has 0 aromatic carbocycles. The molecule has 0 heterocycles. The van der Waals surface area contributed by atoms with Crippen LogP contribution < -0.4 is 0 Å². The molecule has 0 amide bonds. The van der Waals surface area contributed by atoms with E-state index in [9.17, 15) is 18.7 Å². The normalized spacial score (nSPS) is 13.7. The van der Waals surface area contributed by atoms with Crippen LogP contribution in [0.5, 0.6) is 0 Å². The summed E-state index contributed by atoms with van der Waals surface area (Å²) < 4.78 is 26.9. The fraction of sp³-hybridized carbons (Fsp3) is 0.917. The zero-order valence-corrected chi connectivity index (χ0v) is 11.4. The van der Waals surface area contributed by atoms with Gasteiger partial charge in [0.1, 0.15) is 6.10 Å². The van der Waals surface area contributed by atoms with Crippen LogP contribution >= 0.6 is 11.8 Å². The molecule has 0 aliphatic carbocycles. The molecule has 2 nitrogen and oxygen atoms in total. The average molecular weight is 268 g/mol. The van der Waals surface area contributed by atoms with Crippen LogP contribution in [0.2, 0.25) is 0 Å². The number of thioether (sulfide) groups is 1. The quantitative estimate of drug-likeness (QED) is 0.649. The summed E-state index contributed by atoms with van der Waals surface area (Å²) in [5, 5.41) is 8.15. The van der Waals surface area contributed by atoms with Gasteiger partial charge in [-0.1, -0.05) is 51.3 Å². The predicted octanol–water partition coefficient (Wildman–Crippen LogP) is 3.62. The number of unbranched alkanes of at least 4 members (excludes halogenated alkanes) is 3. The van der Waals surface area contributed by atoms with Gasteiger partial charge >= 0.3 is 5.92 Å². The number of hydrogen-bond donors (Lipinski definition) is 1. The van der Waals surface area contributed by atoms with Crippen molar-refractivity contribution in [3.8, 4) is 0 Å². The minimum absolute atomic E-state index is 0.0130. The van der Waals surface area contributed by atoms with Gasteiger partial charge < -0.3 is 5.11 Å². The summed E-state index contributed by atoms with van der Waals surface area (Å²) in [5.74, 6) is -3.21. The Morgan fingerprint density at radius 3 is 2.35 bits per heavy atom. The molecule has 0 aliphatic heterocycles. The zero-order valence-electron chi connectivity index (χ0n) is 10.5. The largest absolute Gasteiger partial charge is 0.386 e. The molecule has 1 N–H and O–H groups in total. The Morgan fingerprint density at radius 1 is 1.24 bits per heavy atom. The van der Waals surface area contributed by atoms with Crippen molar-refractivity contribution in [1.82, 2.24) is 0 Å². The third-order valence-electron chi connectivity index (χ3n) is 2.50. The van der Waals surface area contributed by atoms with Gasteiger partial charge in [0.2, 0.25) is 0 Å². The number of halogens is 2. The van der Waals surface area contributed by atoms with Crippen molar-refractivity contribution < 1.29 is 18.7 Å². The summed E-state index contributed by atoms with van der Waals surface area (Å²) in [4.78, 5) is 11.3. The topological polar surface area (TPSA) is 37.3 Å². The van der Waals surface area contributed by atoms with Crippen molar-refractivity contribution in [1.29, 1.82) is 0 Å². The van der Waals surface area contributed by atoms with Gasteiger partial charge in [0.25, 0.3) is 5.12 Å². The van der Waals surface area contributed by atoms with Crippen molar-refractivity contribution in [3.05, 3.63) is 0 Å². The lowest BCUT2D eigenvalue weighted by Gasteiger charge is -2.20. The van der Waals surface area contributed by atoms with E-state index in [4.69, 9.17) is 0 Å². The SMILES string of the molecule is CCCCCC(O)C(F)(F)C(=O)SCCCC. The van der Waals surface area contributed by atoms with Crippen LogP contribution in [0.15, 0.2) is 0 Å². The molecule has 0 bridgehead atoms. The first-order valence-corrected chi connectivity index (χ1v) is 7.18. The maximum absolute atomic E-state index is 13.4. The van der Waals surface area contributed by atoms with Gasteiger partial charge in [-0.2, -0.15) is 8.78 Å². The first-order valence-electron chi connectivity index (χ1n) is 6.19. The van der Waals surface area contributed by atoms with Gasteiger partial charge in [-0.25, -0.2) is 0 Å². The number of aliphatic hydroxyl groups excluding tert-OH is 1. The molecular weight excluding hydrogens is 246 g/mol. The molecule has 17 heavy (non-hydrogen) atoms. The maximum Gasteiger partial charge on any atom is 0.340 e. The fourth-order valence-corrected chi connectivity index (χ4v) is 2.26. The summed E-state index contributed by atoms with van der Waals surface area (Å²) >= 11 is 0.627. The molecule has 5 heteroatoms. The van der Waals surface area contributed by atoms with Crippen LogP contribution in [0.1, 0.15) is 52.4 Å². The number of aliphatic hydroxyl groups is 1. The molecule has 0 rings (SSSR count). The monoisotopic (exact) mass is 268 g/mol. The zero-order chi connectivity index (χ0) is 13.3. The van der Waals surface area contributed by atoms with Gasteiger partial charge in [-0.3, -0.25) is 4.79 Å². The minimum atomic E-state index is -3.61. The molecule has 0 saturated carbocycles. The van der Waals surface area contributed by atoms with Crippen molar-refractivity contribution in [2.75, 3.05) is 5.75 Å². The van der Waals surface area contributed by atoms with E-state index in [0.29, 0.717) is 23.9 Å². The molecule has 0 radical (unpaired) electrons. The summed E-state index contributed by atoms with van der Waals surface area (Å²) in [7, 11) is 0. The van der Waals surface area contributed by atoms with Gasteiger partial charge in [-0.15, -0.1) is 0 Å². The van der Waals surface area contributed by atoms with Gasteiger partial charge in [0.15, 0.2) is 0 Å². The van der Waals surface area contributed by atoms with Gasteiger partial charge in [0.05, 0.1) is 0 Å². The van der Waals surface area contributed by atoms with Crippen molar-refractivity contribution in [2.45, 2.75) is 64.4 Å². The number of rotatable bonds is 9. The van der Waals surface area contributed by atoms with E-state index >= 15 is 0 Å². The third-order valence-corrected chi connectivity index (χ3v) is 3.53. The molecule has 0 spiro atoms. The van der Waals surface area contributed by atoms with E-state index in [0.717, 1.165) is 25.7 Å². The first-order chi connectivity index (χ1) is 7.96. The number of carbonyl (C=O) groups is 1. The average Bonchev–Trinajstić information content (AvgIpc) is 2.29. The maximum atomic E-state index is 13.4. The molecule has 1 atom stereocenters.